The number of benzene rings is 1. The number of nitrogens with zero attached hydrogens (tertiary/aromatic N) is 3. The number of pyridine rings is 1. The minimum Gasteiger partial charge on any atom is -0.337 e. The maximum atomic E-state index is 12.4. The number of aromatic nitrogens is 3. The van der Waals surface area contributed by atoms with Gasteiger partial charge >= 0.3 is 0 Å². The van der Waals surface area contributed by atoms with Crippen molar-refractivity contribution in [2.75, 3.05) is 5.32 Å². The minimum absolute atomic E-state index is 0.0447. The monoisotopic (exact) mass is 320 g/mol. The number of hydrogen-bond acceptors (Lipinski definition) is 6. The number of anilines is 2. The van der Waals surface area contributed by atoms with Crippen molar-refractivity contribution in [1.82, 2.24) is 15.0 Å². The van der Waals surface area contributed by atoms with Gasteiger partial charge in [-0.1, -0.05) is 23.9 Å². The second-order valence-electron chi connectivity index (χ2n) is 5.07. The van der Waals surface area contributed by atoms with Crippen molar-refractivity contribution in [2.45, 2.75) is 16.3 Å². The summed E-state index contributed by atoms with van der Waals surface area (Å²) in [6, 6.07) is 11.2. The van der Waals surface area contributed by atoms with Gasteiger partial charge in [0.1, 0.15) is 5.03 Å². The quantitative estimate of drug-likeness (QED) is 0.583. The third kappa shape index (κ3) is 2.80. The first-order valence-corrected chi connectivity index (χ1v) is 7.94. The Labute approximate surface area is 137 Å². The summed E-state index contributed by atoms with van der Waals surface area (Å²) < 4.78 is 0. The van der Waals surface area contributed by atoms with Crippen LogP contribution in [0.1, 0.15) is 16.1 Å². The number of rotatable bonds is 3. The fraction of sp³-hybridized carbons (Fsp3) is 0.0588. The lowest BCUT2D eigenvalue weighted by Crippen LogP contribution is -2.08. The molecule has 0 unspecified atom stereocenters. The second kappa shape index (κ2) is 5.81. The fourth-order valence-electron chi connectivity index (χ4n) is 2.38. The van der Waals surface area contributed by atoms with Gasteiger partial charge in [-0.2, -0.15) is 0 Å². The molecule has 0 atom stereocenters. The minimum atomic E-state index is 0.0447. The molecule has 0 radical (unpaired) electrons. The van der Waals surface area contributed by atoms with E-state index >= 15 is 0 Å². The Bertz CT molecular complexity index is 883. The molecule has 2 aromatic heterocycles. The first kappa shape index (κ1) is 13.9. The summed E-state index contributed by atoms with van der Waals surface area (Å²) in [6.45, 7) is 0. The Hall–Kier alpha value is -2.73. The molecule has 3 aromatic rings. The molecule has 112 valence electrons. The van der Waals surface area contributed by atoms with Crippen LogP contribution in [-0.4, -0.2) is 20.7 Å². The summed E-state index contributed by atoms with van der Waals surface area (Å²) in [5.41, 5.74) is 2.32. The molecule has 0 spiro atoms. The molecule has 4 rings (SSSR count). The lowest BCUT2D eigenvalue weighted by Gasteiger charge is -2.19. The Morgan fingerprint density at radius 3 is 2.83 bits per heavy atom. The Morgan fingerprint density at radius 1 is 1.04 bits per heavy atom. The molecule has 1 aliphatic rings. The van der Waals surface area contributed by atoms with Crippen molar-refractivity contribution in [3.63, 3.8) is 0 Å². The Kier molecular flexibility index (Phi) is 3.51. The van der Waals surface area contributed by atoms with Crippen LogP contribution in [0.15, 0.2) is 64.9 Å². The van der Waals surface area contributed by atoms with Crippen molar-refractivity contribution in [3.05, 3.63) is 66.2 Å². The molecule has 6 heteroatoms. The van der Waals surface area contributed by atoms with E-state index in [0.717, 1.165) is 27.1 Å². The zero-order valence-corrected chi connectivity index (χ0v) is 12.9. The molecule has 3 heterocycles. The topological polar surface area (TPSA) is 67.8 Å². The molecule has 1 aromatic carbocycles. The van der Waals surface area contributed by atoms with E-state index in [1.165, 1.54) is 0 Å². The molecular formula is C17H12N4OS. The second-order valence-corrected chi connectivity index (χ2v) is 6.10. The number of hydrogen-bond donors (Lipinski definition) is 1. The maximum Gasteiger partial charge on any atom is 0.168 e. The van der Waals surface area contributed by atoms with Gasteiger partial charge in [0.2, 0.25) is 0 Å². The van der Waals surface area contributed by atoms with Gasteiger partial charge in [-0.15, -0.1) is 0 Å². The van der Waals surface area contributed by atoms with E-state index in [9.17, 15) is 4.79 Å². The van der Waals surface area contributed by atoms with E-state index in [1.807, 2.05) is 36.4 Å². The predicted octanol–water partition coefficient (Wildman–Crippen LogP) is 3.51. The molecule has 0 saturated carbocycles. The Morgan fingerprint density at radius 2 is 1.96 bits per heavy atom. The predicted molar refractivity (Wildman–Crippen MR) is 88.2 cm³/mol. The van der Waals surface area contributed by atoms with Crippen LogP contribution in [0.4, 0.5) is 11.5 Å². The molecule has 0 bridgehead atoms. The summed E-state index contributed by atoms with van der Waals surface area (Å²) in [5, 5.41) is 4.08. The third-order valence-electron chi connectivity index (χ3n) is 3.49. The van der Waals surface area contributed by atoms with Crippen molar-refractivity contribution in [3.8, 4) is 0 Å². The van der Waals surface area contributed by atoms with Crippen molar-refractivity contribution >= 4 is 29.1 Å². The van der Waals surface area contributed by atoms with Gasteiger partial charge < -0.3 is 5.32 Å². The van der Waals surface area contributed by atoms with Gasteiger partial charge in [0, 0.05) is 34.7 Å². The van der Waals surface area contributed by atoms with Crippen molar-refractivity contribution in [1.29, 1.82) is 0 Å². The van der Waals surface area contributed by atoms with Gasteiger partial charge in [0.05, 0.1) is 12.1 Å². The summed E-state index contributed by atoms with van der Waals surface area (Å²) in [7, 11) is 0. The van der Waals surface area contributed by atoms with Crippen LogP contribution in [-0.2, 0) is 6.42 Å². The zero-order chi connectivity index (χ0) is 15.6. The molecule has 0 amide bonds. The Balaban J connectivity index is 1.60. The molecule has 0 fully saturated rings. The summed E-state index contributed by atoms with van der Waals surface area (Å²) in [4.78, 5) is 26.2. The highest BCUT2D eigenvalue weighted by Gasteiger charge is 2.19. The van der Waals surface area contributed by atoms with E-state index in [0.29, 0.717) is 12.0 Å². The SMILES string of the molecule is O=C(Cc1ccccn1)c1ccc2c(c1)Nc1nccnc1S2. The average Bonchev–Trinajstić information content (AvgIpc) is 2.60. The first-order valence-electron chi connectivity index (χ1n) is 7.12. The van der Waals surface area contributed by atoms with Crippen LogP contribution in [0.25, 0.3) is 0 Å². The molecule has 0 saturated heterocycles. The van der Waals surface area contributed by atoms with Gasteiger partial charge in [0.15, 0.2) is 11.6 Å². The van der Waals surface area contributed by atoms with Crippen LogP contribution < -0.4 is 5.32 Å². The smallest absolute Gasteiger partial charge is 0.168 e. The largest absolute Gasteiger partial charge is 0.337 e. The molecule has 1 aliphatic heterocycles. The maximum absolute atomic E-state index is 12.4. The van der Waals surface area contributed by atoms with E-state index < -0.39 is 0 Å². The van der Waals surface area contributed by atoms with Crippen LogP contribution in [0.5, 0.6) is 0 Å². The molecular weight excluding hydrogens is 308 g/mol. The van der Waals surface area contributed by atoms with E-state index in [2.05, 4.69) is 20.3 Å². The van der Waals surface area contributed by atoms with E-state index in [1.54, 1.807) is 30.4 Å². The zero-order valence-electron chi connectivity index (χ0n) is 12.1. The van der Waals surface area contributed by atoms with Crippen molar-refractivity contribution in [2.24, 2.45) is 0 Å². The van der Waals surface area contributed by atoms with Crippen LogP contribution in [0, 0.1) is 0 Å². The number of Topliss-reactive ketones (excluding diaryl/α,β-unsaturated/α-hetero) is 1. The lowest BCUT2D eigenvalue weighted by molar-refractivity contribution is 0.0992. The number of nitrogens with one attached hydrogen (secondary N) is 1. The summed E-state index contributed by atoms with van der Waals surface area (Å²) in [5.74, 6) is 0.766. The highest BCUT2D eigenvalue weighted by Crippen LogP contribution is 2.42. The van der Waals surface area contributed by atoms with Crippen molar-refractivity contribution < 1.29 is 4.79 Å². The number of carbonyl (C=O) groups is 1. The first-order chi connectivity index (χ1) is 11.3. The van der Waals surface area contributed by atoms with Gasteiger partial charge in [-0.05, 0) is 24.3 Å². The summed E-state index contributed by atoms with van der Waals surface area (Å²) >= 11 is 1.55. The van der Waals surface area contributed by atoms with Crippen LogP contribution >= 0.6 is 11.8 Å². The van der Waals surface area contributed by atoms with E-state index in [4.69, 9.17) is 0 Å². The summed E-state index contributed by atoms with van der Waals surface area (Å²) in [6.07, 6.45) is 5.31. The standard InChI is InChI=1S/C17H12N4OS/c22-14(10-12-3-1-2-6-18-12)11-4-5-15-13(9-11)21-16-17(23-15)20-8-7-19-16/h1-9H,10H2,(H,19,21). The van der Waals surface area contributed by atoms with Crippen LogP contribution in [0.2, 0.25) is 0 Å². The number of carbonyl (C=O) groups excluding carboxylic acids is 1. The normalized spacial score (nSPS) is 12.0. The molecule has 1 N–H and O–H groups in total. The molecule has 23 heavy (non-hydrogen) atoms. The fourth-order valence-corrected chi connectivity index (χ4v) is 3.26. The van der Waals surface area contributed by atoms with Crippen LogP contribution in [0.3, 0.4) is 0 Å². The number of ketones is 1. The third-order valence-corrected chi connectivity index (χ3v) is 4.56. The lowest BCUT2D eigenvalue weighted by atomic mass is 10.1. The van der Waals surface area contributed by atoms with Gasteiger partial charge in [-0.25, -0.2) is 9.97 Å². The number of fused-ring (bicyclic) bond motifs is 2. The average molecular weight is 320 g/mol. The van der Waals surface area contributed by atoms with Gasteiger partial charge in [0.25, 0.3) is 0 Å². The molecule has 5 nitrogen and oxygen atoms in total. The van der Waals surface area contributed by atoms with Gasteiger partial charge in [-0.3, -0.25) is 9.78 Å². The highest BCUT2D eigenvalue weighted by atomic mass is 32.2. The highest BCUT2D eigenvalue weighted by molar-refractivity contribution is 7.99. The van der Waals surface area contributed by atoms with E-state index in [-0.39, 0.29) is 5.78 Å². The molecule has 0 aliphatic carbocycles.